The summed E-state index contributed by atoms with van der Waals surface area (Å²) in [6, 6.07) is 9.41. The van der Waals surface area contributed by atoms with Crippen LogP contribution in [0.4, 0.5) is 0 Å². The number of rotatable bonds is 5. The van der Waals surface area contributed by atoms with E-state index in [1.165, 1.54) is 24.8 Å². The number of nitrogens with zero attached hydrogens (tertiary/aromatic N) is 1. The summed E-state index contributed by atoms with van der Waals surface area (Å²) in [4.78, 5) is 2.67. The summed E-state index contributed by atoms with van der Waals surface area (Å²) in [5.41, 5.74) is 1.72. The summed E-state index contributed by atoms with van der Waals surface area (Å²) in [7, 11) is 0. The molecule has 0 saturated carbocycles. The first-order valence-electron chi connectivity index (χ1n) is 7.86. The number of piperazine rings is 1. The number of hydrogen-bond acceptors (Lipinski definition) is 2. The van der Waals surface area contributed by atoms with E-state index in [-0.39, 0.29) is 0 Å². The molecule has 2 nitrogen and oxygen atoms in total. The van der Waals surface area contributed by atoms with E-state index in [1.54, 1.807) is 0 Å². The quantitative estimate of drug-likeness (QED) is 0.865. The van der Waals surface area contributed by atoms with Gasteiger partial charge in [0.25, 0.3) is 0 Å². The Balaban J connectivity index is 2.10. The molecule has 1 atom stereocenters. The Morgan fingerprint density at radius 3 is 2.40 bits per heavy atom. The monoisotopic (exact) mass is 338 g/mol. The molecule has 1 heterocycles. The van der Waals surface area contributed by atoms with E-state index in [0.29, 0.717) is 11.6 Å². The van der Waals surface area contributed by atoms with Crippen molar-refractivity contribution < 1.29 is 0 Å². The summed E-state index contributed by atoms with van der Waals surface area (Å²) < 4.78 is 1.16. The highest BCUT2D eigenvalue weighted by Crippen LogP contribution is 2.25. The molecule has 0 amide bonds. The van der Waals surface area contributed by atoms with Crippen molar-refractivity contribution in [2.45, 2.75) is 58.2 Å². The molecule has 1 N–H and O–H groups in total. The molecule has 1 aliphatic heterocycles. The maximum atomic E-state index is 3.81. The maximum Gasteiger partial charge on any atom is 0.0304 e. The lowest BCUT2D eigenvalue weighted by Gasteiger charge is -2.47. The standard InChI is InChI=1S/C17H27BrN2/c1-4-16-11-19-17(5-2,6-3)13-20(16)12-14-7-9-15(18)10-8-14/h7-10,16,19H,4-6,11-13H2,1-3H3. The van der Waals surface area contributed by atoms with Crippen LogP contribution in [0.2, 0.25) is 0 Å². The highest BCUT2D eigenvalue weighted by Gasteiger charge is 2.35. The van der Waals surface area contributed by atoms with Gasteiger partial charge in [-0.25, -0.2) is 0 Å². The van der Waals surface area contributed by atoms with E-state index in [0.717, 1.165) is 24.1 Å². The number of benzene rings is 1. The predicted molar refractivity (Wildman–Crippen MR) is 89.9 cm³/mol. The van der Waals surface area contributed by atoms with Crippen molar-refractivity contribution in [1.82, 2.24) is 10.2 Å². The second-order valence-corrected chi connectivity index (χ2v) is 6.88. The third-order valence-corrected chi connectivity index (χ3v) is 5.39. The fourth-order valence-corrected chi connectivity index (χ4v) is 3.44. The first-order chi connectivity index (χ1) is 9.62. The second-order valence-electron chi connectivity index (χ2n) is 5.96. The predicted octanol–water partition coefficient (Wildman–Crippen LogP) is 4.19. The van der Waals surface area contributed by atoms with Gasteiger partial charge >= 0.3 is 0 Å². The van der Waals surface area contributed by atoms with Crippen molar-refractivity contribution in [1.29, 1.82) is 0 Å². The lowest BCUT2D eigenvalue weighted by molar-refractivity contribution is 0.0643. The van der Waals surface area contributed by atoms with Crippen molar-refractivity contribution in [3.63, 3.8) is 0 Å². The Kier molecular flexibility index (Phi) is 5.65. The molecule has 3 heteroatoms. The molecule has 1 aromatic rings. The van der Waals surface area contributed by atoms with Gasteiger partial charge in [0.2, 0.25) is 0 Å². The molecule has 112 valence electrons. The van der Waals surface area contributed by atoms with Crippen LogP contribution in [0.1, 0.15) is 45.6 Å². The van der Waals surface area contributed by atoms with Gasteiger partial charge in [0.05, 0.1) is 0 Å². The Morgan fingerprint density at radius 2 is 1.85 bits per heavy atom. The van der Waals surface area contributed by atoms with Gasteiger partial charge in [0, 0.05) is 35.7 Å². The van der Waals surface area contributed by atoms with Gasteiger partial charge < -0.3 is 5.32 Å². The summed E-state index contributed by atoms with van der Waals surface area (Å²) in [5.74, 6) is 0. The van der Waals surface area contributed by atoms with Gasteiger partial charge in [-0.05, 0) is 37.0 Å². The zero-order chi connectivity index (χ0) is 14.6. The summed E-state index contributed by atoms with van der Waals surface area (Å²) >= 11 is 3.51. The van der Waals surface area contributed by atoms with Crippen molar-refractivity contribution in [2.24, 2.45) is 0 Å². The van der Waals surface area contributed by atoms with Crippen LogP contribution >= 0.6 is 15.9 Å². The molecule has 0 aliphatic carbocycles. The van der Waals surface area contributed by atoms with E-state index < -0.39 is 0 Å². The lowest BCUT2D eigenvalue weighted by atomic mass is 9.88. The Hall–Kier alpha value is -0.380. The largest absolute Gasteiger partial charge is 0.308 e. The minimum atomic E-state index is 0.307. The normalized spacial score (nSPS) is 22.9. The molecule has 0 radical (unpaired) electrons. The van der Waals surface area contributed by atoms with Crippen LogP contribution in [0, 0.1) is 0 Å². The molecule has 1 aromatic carbocycles. The van der Waals surface area contributed by atoms with Crippen LogP contribution in [0.5, 0.6) is 0 Å². The third kappa shape index (κ3) is 3.63. The molecule has 1 fully saturated rings. The van der Waals surface area contributed by atoms with Crippen LogP contribution in [-0.4, -0.2) is 29.6 Å². The van der Waals surface area contributed by atoms with Gasteiger partial charge in [-0.15, -0.1) is 0 Å². The highest BCUT2D eigenvalue weighted by molar-refractivity contribution is 9.10. The molecule has 1 unspecified atom stereocenters. The Morgan fingerprint density at radius 1 is 1.20 bits per heavy atom. The lowest BCUT2D eigenvalue weighted by Crippen LogP contribution is -2.63. The Labute approximate surface area is 132 Å². The van der Waals surface area contributed by atoms with Crippen LogP contribution in [-0.2, 0) is 6.54 Å². The minimum absolute atomic E-state index is 0.307. The van der Waals surface area contributed by atoms with E-state index in [4.69, 9.17) is 0 Å². The van der Waals surface area contributed by atoms with Gasteiger partial charge in [0.15, 0.2) is 0 Å². The number of hydrogen-bond donors (Lipinski definition) is 1. The zero-order valence-corrected chi connectivity index (χ0v) is 14.5. The number of nitrogens with one attached hydrogen (secondary N) is 1. The van der Waals surface area contributed by atoms with E-state index >= 15 is 0 Å². The topological polar surface area (TPSA) is 15.3 Å². The SMILES string of the molecule is CCC1CNC(CC)(CC)CN1Cc1ccc(Br)cc1. The molecule has 0 spiro atoms. The summed E-state index contributed by atoms with van der Waals surface area (Å²) in [6.45, 7) is 10.3. The fraction of sp³-hybridized carbons (Fsp3) is 0.647. The summed E-state index contributed by atoms with van der Waals surface area (Å²) in [5, 5.41) is 3.81. The zero-order valence-electron chi connectivity index (χ0n) is 13.0. The molecular weight excluding hydrogens is 312 g/mol. The first-order valence-corrected chi connectivity index (χ1v) is 8.65. The Bertz CT molecular complexity index is 412. The van der Waals surface area contributed by atoms with Crippen molar-refractivity contribution >= 4 is 15.9 Å². The third-order valence-electron chi connectivity index (χ3n) is 4.86. The summed E-state index contributed by atoms with van der Waals surface area (Å²) in [6.07, 6.45) is 3.63. The molecule has 2 rings (SSSR count). The average Bonchev–Trinajstić information content (AvgIpc) is 2.49. The molecule has 1 saturated heterocycles. The van der Waals surface area contributed by atoms with Crippen LogP contribution in [0.3, 0.4) is 0 Å². The number of halogens is 1. The van der Waals surface area contributed by atoms with Crippen molar-refractivity contribution in [2.75, 3.05) is 13.1 Å². The van der Waals surface area contributed by atoms with Gasteiger partial charge in [-0.3, -0.25) is 4.90 Å². The van der Waals surface area contributed by atoms with E-state index in [9.17, 15) is 0 Å². The van der Waals surface area contributed by atoms with Crippen molar-refractivity contribution in [3.05, 3.63) is 34.3 Å². The van der Waals surface area contributed by atoms with Crippen LogP contribution in [0.15, 0.2) is 28.7 Å². The smallest absolute Gasteiger partial charge is 0.0304 e. The molecule has 1 aliphatic rings. The molecule has 0 bridgehead atoms. The highest BCUT2D eigenvalue weighted by atomic mass is 79.9. The van der Waals surface area contributed by atoms with E-state index in [1.807, 2.05) is 0 Å². The first kappa shape index (κ1) is 16.0. The molecule has 0 aromatic heterocycles. The molecule has 20 heavy (non-hydrogen) atoms. The van der Waals surface area contributed by atoms with Gasteiger partial charge in [0.1, 0.15) is 0 Å². The van der Waals surface area contributed by atoms with E-state index in [2.05, 4.69) is 71.2 Å². The average molecular weight is 339 g/mol. The molecular formula is C17H27BrN2. The fourth-order valence-electron chi connectivity index (χ4n) is 3.17. The van der Waals surface area contributed by atoms with Gasteiger partial charge in [-0.1, -0.05) is 48.8 Å². The van der Waals surface area contributed by atoms with Crippen LogP contribution < -0.4 is 5.32 Å². The van der Waals surface area contributed by atoms with Gasteiger partial charge in [-0.2, -0.15) is 0 Å². The second kappa shape index (κ2) is 7.06. The minimum Gasteiger partial charge on any atom is -0.308 e. The van der Waals surface area contributed by atoms with Crippen molar-refractivity contribution in [3.8, 4) is 0 Å². The maximum absolute atomic E-state index is 3.81. The van der Waals surface area contributed by atoms with Crippen LogP contribution in [0.25, 0.3) is 0 Å².